The lowest BCUT2D eigenvalue weighted by Crippen LogP contribution is -2.37. The van der Waals surface area contributed by atoms with E-state index in [9.17, 15) is 9.59 Å². The monoisotopic (exact) mass is 268 g/mol. The molecule has 0 aliphatic heterocycles. The van der Waals surface area contributed by atoms with Gasteiger partial charge in [-0.15, -0.1) is 11.6 Å². The lowest BCUT2D eigenvalue weighted by molar-refractivity contribution is -0.131. The minimum absolute atomic E-state index is 0.141. The number of alkyl halides is 1. The summed E-state index contributed by atoms with van der Waals surface area (Å²) in [5.74, 6) is -0.621. The molecule has 0 fully saturated rings. The maximum Gasteiger partial charge on any atom is 0.240 e. The normalized spacial score (nSPS) is 11.9. The Hall–Kier alpha value is -1.55. The van der Waals surface area contributed by atoms with Crippen molar-refractivity contribution in [1.82, 2.24) is 4.90 Å². The molecule has 18 heavy (non-hydrogen) atoms. The zero-order chi connectivity index (χ0) is 13.5. The number of nitrogens with two attached hydrogens (primary N) is 1. The quantitative estimate of drug-likeness (QED) is 0.795. The van der Waals surface area contributed by atoms with Crippen LogP contribution in [0.2, 0.25) is 0 Å². The van der Waals surface area contributed by atoms with Crippen LogP contribution >= 0.6 is 11.6 Å². The summed E-state index contributed by atoms with van der Waals surface area (Å²) in [6, 6.07) is 9.54. The summed E-state index contributed by atoms with van der Waals surface area (Å²) < 4.78 is 0. The second-order valence-corrected chi connectivity index (χ2v) is 4.73. The summed E-state index contributed by atoms with van der Waals surface area (Å²) in [5.41, 5.74) is 6.09. The molecule has 0 bridgehead atoms. The lowest BCUT2D eigenvalue weighted by atomic mass is 10.2. The van der Waals surface area contributed by atoms with Gasteiger partial charge in [-0.05, 0) is 12.5 Å². The van der Waals surface area contributed by atoms with Gasteiger partial charge in [0.15, 0.2) is 0 Å². The molecule has 0 spiro atoms. The number of primary amides is 1. The summed E-state index contributed by atoms with van der Waals surface area (Å²) in [4.78, 5) is 24.3. The largest absolute Gasteiger partial charge is 0.370 e. The molecule has 0 aliphatic carbocycles. The van der Waals surface area contributed by atoms with Gasteiger partial charge in [0.25, 0.3) is 0 Å². The SMILES string of the molecule is CC(Cl)C(=O)N(CCC(N)=O)Cc1ccccc1. The van der Waals surface area contributed by atoms with E-state index >= 15 is 0 Å². The van der Waals surface area contributed by atoms with Gasteiger partial charge in [-0.1, -0.05) is 30.3 Å². The van der Waals surface area contributed by atoms with E-state index in [0.29, 0.717) is 13.1 Å². The maximum absolute atomic E-state index is 11.9. The van der Waals surface area contributed by atoms with Crippen molar-refractivity contribution >= 4 is 23.4 Å². The van der Waals surface area contributed by atoms with E-state index in [0.717, 1.165) is 5.56 Å². The predicted molar refractivity (Wildman–Crippen MR) is 71.0 cm³/mol. The van der Waals surface area contributed by atoms with Gasteiger partial charge >= 0.3 is 0 Å². The molecule has 4 nitrogen and oxygen atoms in total. The number of nitrogens with zero attached hydrogens (tertiary/aromatic N) is 1. The Kier molecular flexibility index (Phi) is 5.65. The molecule has 0 aliphatic rings. The molecule has 0 radical (unpaired) electrons. The van der Waals surface area contributed by atoms with Crippen LogP contribution in [0.15, 0.2) is 30.3 Å². The van der Waals surface area contributed by atoms with Crippen molar-refractivity contribution in [2.75, 3.05) is 6.54 Å². The van der Waals surface area contributed by atoms with Gasteiger partial charge in [0.1, 0.15) is 5.38 Å². The van der Waals surface area contributed by atoms with Crippen molar-refractivity contribution in [3.63, 3.8) is 0 Å². The molecular formula is C13H17ClN2O2. The smallest absolute Gasteiger partial charge is 0.240 e. The number of amides is 2. The van der Waals surface area contributed by atoms with E-state index in [1.54, 1.807) is 11.8 Å². The first kappa shape index (κ1) is 14.5. The second-order valence-electron chi connectivity index (χ2n) is 4.08. The number of benzene rings is 1. The topological polar surface area (TPSA) is 63.4 Å². The molecule has 1 aromatic rings. The minimum atomic E-state index is -0.610. The number of hydrogen-bond donors (Lipinski definition) is 1. The van der Waals surface area contributed by atoms with Crippen LogP contribution in [0.5, 0.6) is 0 Å². The van der Waals surface area contributed by atoms with E-state index in [4.69, 9.17) is 17.3 Å². The van der Waals surface area contributed by atoms with Crippen molar-refractivity contribution in [3.05, 3.63) is 35.9 Å². The lowest BCUT2D eigenvalue weighted by Gasteiger charge is -2.23. The summed E-state index contributed by atoms with van der Waals surface area (Å²) in [6.07, 6.45) is 0.141. The van der Waals surface area contributed by atoms with Crippen LogP contribution in [-0.4, -0.2) is 28.6 Å². The first-order valence-corrected chi connectivity index (χ1v) is 6.19. The first-order chi connectivity index (χ1) is 8.50. The van der Waals surface area contributed by atoms with E-state index in [1.165, 1.54) is 0 Å². The van der Waals surface area contributed by atoms with Crippen molar-refractivity contribution in [1.29, 1.82) is 0 Å². The Morgan fingerprint density at radius 3 is 2.44 bits per heavy atom. The van der Waals surface area contributed by atoms with Crippen LogP contribution < -0.4 is 5.73 Å². The van der Waals surface area contributed by atoms with E-state index < -0.39 is 11.3 Å². The van der Waals surface area contributed by atoms with Crippen molar-refractivity contribution in [3.8, 4) is 0 Å². The minimum Gasteiger partial charge on any atom is -0.370 e. The summed E-state index contributed by atoms with van der Waals surface area (Å²) in [6.45, 7) is 2.34. The average molecular weight is 269 g/mol. The maximum atomic E-state index is 11.9. The van der Waals surface area contributed by atoms with Gasteiger partial charge in [-0.2, -0.15) is 0 Å². The fourth-order valence-electron chi connectivity index (χ4n) is 1.57. The molecule has 98 valence electrons. The molecule has 1 unspecified atom stereocenters. The third-order valence-electron chi connectivity index (χ3n) is 2.50. The molecule has 0 aromatic heterocycles. The van der Waals surface area contributed by atoms with E-state index in [2.05, 4.69) is 0 Å². The van der Waals surface area contributed by atoms with Gasteiger partial charge in [0, 0.05) is 19.5 Å². The predicted octanol–water partition coefficient (Wildman–Crippen LogP) is 1.52. The van der Waals surface area contributed by atoms with Crippen molar-refractivity contribution in [2.45, 2.75) is 25.3 Å². The third kappa shape index (κ3) is 4.75. The Balaban J connectivity index is 2.71. The zero-order valence-corrected chi connectivity index (χ0v) is 11.1. The van der Waals surface area contributed by atoms with Crippen LogP contribution in [-0.2, 0) is 16.1 Å². The summed E-state index contributed by atoms with van der Waals surface area (Å²) >= 11 is 5.80. The Labute approximate surface area is 112 Å². The fraction of sp³-hybridized carbons (Fsp3) is 0.385. The Bertz CT molecular complexity index is 407. The zero-order valence-electron chi connectivity index (χ0n) is 10.3. The highest BCUT2D eigenvalue weighted by molar-refractivity contribution is 6.30. The third-order valence-corrected chi connectivity index (χ3v) is 2.68. The molecule has 0 heterocycles. The van der Waals surface area contributed by atoms with Gasteiger partial charge in [0.05, 0.1) is 0 Å². The molecule has 0 saturated heterocycles. The standard InChI is InChI=1S/C13H17ClN2O2/c1-10(14)13(18)16(8-7-12(15)17)9-11-5-3-2-4-6-11/h2-6,10H,7-9H2,1H3,(H2,15,17). The van der Waals surface area contributed by atoms with Gasteiger partial charge in [0.2, 0.25) is 11.8 Å². The molecule has 5 heteroatoms. The first-order valence-electron chi connectivity index (χ1n) is 5.76. The molecule has 2 N–H and O–H groups in total. The summed E-state index contributed by atoms with van der Waals surface area (Å²) in [7, 11) is 0. The number of hydrogen-bond acceptors (Lipinski definition) is 2. The Morgan fingerprint density at radius 1 is 1.33 bits per heavy atom. The van der Waals surface area contributed by atoms with Crippen molar-refractivity contribution in [2.24, 2.45) is 5.73 Å². The highest BCUT2D eigenvalue weighted by Gasteiger charge is 2.19. The molecule has 1 aromatic carbocycles. The average Bonchev–Trinajstić information content (AvgIpc) is 2.34. The second kappa shape index (κ2) is 7.01. The van der Waals surface area contributed by atoms with Gasteiger partial charge in [-0.25, -0.2) is 0 Å². The van der Waals surface area contributed by atoms with Crippen LogP contribution in [0.1, 0.15) is 18.9 Å². The van der Waals surface area contributed by atoms with Crippen LogP contribution in [0.4, 0.5) is 0 Å². The van der Waals surface area contributed by atoms with Crippen LogP contribution in [0, 0.1) is 0 Å². The molecule has 0 saturated carbocycles. The molecule has 1 rings (SSSR count). The van der Waals surface area contributed by atoms with E-state index in [1.807, 2.05) is 30.3 Å². The highest BCUT2D eigenvalue weighted by Crippen LogP contribution is 2.09. The van der Waals surface area contributed by atoms with Crippen molar-refractivity contribution < 1.29 is 9.59 Å². The van der Waals surface area contributed by atoms with E-state index in [-0.39, 0.29) is 12.3 Å². The van der Waals surface area contributed by atoms with Gasteiger partial charge < -0.3 is 10.6 Å². The number of rotatable bonds is 6. The summed E-state index contributed by atoms with van der Waals surface area (Å²) in [5, 5.41) is -0.610. The number of carbonyl (C=O) groups is 2. The molecular weight excluding hydrogens is 252 g/mol. The number of carbonyl (C=O) groups excluding carboxylic acids is 2. The highest BCUT2D eigenvalue weighted by atomic mass is 35.5. The van der Waals surface area contributed by atoms with Crippen LogP contribution in [0.3, 0.4) is 0 Å². The van der Waals surface area contributed by atoms with Gasteiger partial charge in [-0.3, -0.25) is 9.59 Å². The fourth-order valence-corrected chi connectivity index (χ4v) is 1.71. The Morgan fingerprint density at radius 2 is 1.94 bits per heavy atom. The molecule has 2 amide bonds. The molecule has 1 atom stereocenters. The van der Waals surface area contributed by atoms with Crippen LogP contribution in [0.25, 0.3) is 0 Å². The number of halogens is 1.